The van der Waals surface area contributed by atoms with Crippen molar-refractivity contribution < 1.29 is 15.0 Å². The Bertz CT molecular complexity index is 374. The van der Waals surface area contributed by atoms with E-state index in [0.717, 1.165) is 11.3 Å². The number of aliphatic hydroxyl groups is 2. The number of benzene rings is 1. The Morgan fingerprint density at radius 2 is 1.94 bits per heavy atom. The predicted octanol–water partition coefficient (Wildman–Crippen LogP) is 0.524. The van der Waals surface area contributed by atoms with Crippen LogP contribution in [0.15, 0.2) is 24.3 Å². The summed E-state index contributed by atoms with van der Waals surface area (Å²) in [5.41, 5.74) is 1.66. The van der Waals surface area contributed by atoms with Crippen LogP contribution in [0, 0.1) is 5.92 Å². The average molecular weight is 221 g/mol. The quantitative estimate of drug-likeness (QED) is 0.782. The van der Waals surface area contributed by atoms with E-state index in [1.54, 1.807) is 17.0 Å². The van der Waals surface area contributed by atoms with Crippen molar-refractivity contribution >= 4 is 11.6 Å². The topological polar surface area (TPSA) is 60.8 Å². The summed E-state index contributed by atoms with van der Waals surface area (Å²) in [7, 11) is 0. The molecule has 1 aliphatic rings. The zero-order valence-electron chi connectivity index (χ0n) is 8.97. The molecule has 0 bridgehead atoms. The highest BCUT2D eigenvalue weighted by molar-refractivity contribution is 5.95. The van der Waals surface area contributed by atoms with Crippen LogP contribution in [-0.4, -0.2) is 29.3 Å². The van der Waals surface area contributed by atoms with Crippen molar-refractivity contribution in [1.82, 2.24) is 0 Å². The molecule has 1 fully saturated rings. The Morgan fingerprint density at radius 1 is 1.25 bits per heavy atom. The molecule has 0 saturated carbocycles. The molecule has 1 heterocycles. The predicted molar refractivity (Wildman–Crippen MR) is 59.9 cm³/mol. The maximum Gasteiger partial charge on any atom is 0.227 e. The number of aliphatic hydroxyl groups excluding tert-OH is 2. The molecule has 0 spiro atoms. The van der Waals surface area contributed by atoms with E-state index < -0.39 is 0 Å². The van der Waals surface area contributed by atoms with Gasteiger partial charge < -0.3 is 15.1 Å². The Morgan fingerprint density at radius 3 is 2.44 bits per heavy atom. The van der Waals surface area contributed by atoms with E-state index in [9.17, 15) is 4.79 Å². The second kappa shape index (κ2) is 4.63. The molecular formula is C12H15NO3. The molecule has 2 rings (SSSR count). The first-order valence-corrected chi connectivity index (χ1v) is 5.35. The summed E-state index contributed by atoms with van der Waals surface area (Å²) in [6, 6.07) is 7.25. The van der Waals surface area contributed by atoms with Gasteiger partial charge in [0.2, 0.25) is 5.91 Å². The SMILES string of the molecule is O=C1CC(CO)CN1c1ccc(CO)cc1. The second-order valence-electron chi connectivity index (χ2n) is 4.08. The molecule has 4 heteroatoms. The minimum Gasteiger partial charge on any atom is -0.396 e. The smallest absolute Gasteiger partial charge is 0.227 e. The highest BCUT2D eigenvalue weighted by Crippen LogP contribution is 2.24. The third kappa shape index (κ3) is 2.08. The molecule has 86 valence electrons. The lowest BCUT2D eigenvalue weighted by Gasteiger charge is -2.16. The molecular weight excluding hydrogens is 206 g/mol. The third-order valence-electron chi connectivity index (χ3n) is 2.89. The number of carbonyl (C=O) groups excluding carboxylic acids is 1. The summed E-state index contributed by atoms with van der Waals surface area (Å²) >= 11 is 0. The van der Waals surface area contributed by atoms with Crippen LogP contribution in [0.1, 0.15) is 12.0 Å². The number of hydrogen-bond donors (Lipinski definition) is 2. The normalized spacial score (nSPS) is 20.5. The van der Waals surface area contributed by atoms with E-state index in [0.29, 0.717) is 13.0 Å². The van der Waals surface area contributed by atoms with Gasteiger partial charge in [-0.3, -0.25) is 4.79 Å². The fourth-order valence-electron chi connectivity index (χ4n) is 1.93. The minimum absolute atomic E-state index is 0.00743. The van der Waals surface area contributed by atoms with Crippen molar-refractivity contribution in [2.24, 2.45) is 5.92 Å². The molecule has 1 aromatic rings. The molecule has 16 heavy (non-hydrogen) atoms. The zero-order valence-corrected chi connectivity index (χ0v) is 8.97. The Labute approximate surface area is 94.1 Å². The van der Waals surface area contributed by atoms with Gasteiger partial charge in [-0.1, -0.05) is 12.1 Å². The third-order valence-corrected chi connectivity index (χ3v) is 2.89. The Kier molecular flexibility index (Phi) is 3.22. The van der Waals surface area contributed by atoms with E-state index in [1.165, 1.54) is 0 Å². The van der Waals surface area contributed by atoms with Crippen LogP contribution in [0.5, 0.6) is 0 Å². The lowest BCUT2D eigenvalue weighted by Crippen LogP contribution is -2.24. The number of nitrogens with zero attached hydrogens (tertiary/aromatic N) is 1. The van der Waals surface area contributed by atoms with Crippen LogP contribution >= 0.6 is 0 Å². The maximum absolute atomic E-state index is 11.7. The highest BCUT2D eigenvalue weighted by Gasteiger charge is 2.29. The molecule has 1 aromatic carbocycles. The molecule has 1 aliphatic heterocycles. The van der Waals surface area contributed by atoms with Crippen molar-refractivity contribution in [3.8, 4) is 0 Å². The molecule has 2 N–H and O–H groups in total. The van der Waals surface area contributed by atoms with Crippen LogP contribution in [0.2, 0.25) is 0 Å². The highest BCUT2D eigenvalue weighted by atomic mass is 16.3. The number of anilines is 1. The minimum atomic E-state index is 0.00743. The van der Waals surface area contributed by atoms with Gasteiger partial charge in [0.25, 0.3) is 0 Å². The second-order valence-corrected chi connectivity index (χ2v) is 4.08. The fraction of sp³-hybridized carbons (Fsp3) is 0.417. The summed E-state index contributed by atoms with van der Waals surface area (Å²) in [5, 5.41) is 17.9. The average Bonchev–Trinajstić information content (AvgIpc) is 2.71. The summed E-state index contributed by atoms with van der Waals surface area (Å²) in [6.45, 7) is 0.637. The van der Waals surface area contributed by atoms with Crippen LogP contribution < -0.4 is 4.90 Å². The first kappa shape index (κ1) is 11.1. The lowest BCUT2D eigenvalue weighted by molar-refractivity contribution is -0.117. The number of amides is 1. The molecule has 1 unspecified atom stereocenters. The first-order valence-electron chi connectivity index (χ1n) is 5.35. The van der Waals surface area contributed by atoms with Gasteiger partial charge in [-0.2, -0.15) is 0 Å². The number of rotatable bonds is 3. The van der Waals surface area contributed by atoms with Crippen molar-refractivity contribution in [2.75, 3.05) is 18.1 Å². The monoisotopic (exact) mass is 221 g/mol. The first-order chi connectivity index (χ1) is 7.74. The van der Waals surface area contributed by atoms with Gasteiger partial charge in [0.1, 0.15) is 0 Å². The van der Waals surface area contributed by atoms with Gasteiger partial charge in [-0.25, -0.2) is 0 Å². The van der Waals surface area contributed by atoms with Gasteiger partial charge in [0.05, 0.1) is 6.61 Å². The Hall–Kier alpha value is -1.39. The van der Waals surface area contributed by atoms with Crippen molar-refractivity contribution in [1.29, 1.82) is 0 Å². The van der Waals surface area contributed by atoms with Gasteiger partial charge in [-0.05, 0) is 17.7 Å². The fourth-order valence-corrected chi connectivity index (χ4v) is 1.93. The molecule has 1 atom stereocenters. The molecule has 4 nitrogen and oxygen atoms in total. The van der Waals surface area contributed by atoms with Gasteiger partial charge in [-0.15, -0.1) is 0 Å². The molecule has 1 amide bonds. The summed E-state index contributed by atoms with van der Waals surface area (Å²) in [6.07, 6.45) is 0.415. The summed E-state index contributed by atoms with van der Waals surface area (Å²) in [5.74, 6) is 0.0980. The molecule has 0 aliphatic carbocycles. The van der Waals surface area contributed by atoms with Gasteiger partial charge in [0, 0.05) is 31.2 Å². The van der Waals surface area contributed by atoms with Crippen molar-refractivity contribution in [3.63, 3.8) is 0 Å². The van der Waals surface area contributed by atoms with Gasteiger partial charge >= 0.3 is 0 Å². The van der Waals surface area contributed by atoms with Crippen molar-refractivity contribution in [2.45, 2.75) is 13.0 Å². The standard InChI is InChI=1S/C12H15NO3/c14-7-9-1-3-11(4-2-9)13-6-10(8-15)5-12(13)16/h1-4,10,14-15H,5-8H2. The summed E-state index contributed by atoms with van der Waals surface area (Å²) < 4.78 is 0. The summed E-state index contributed by atoms with van der Waals surface area (Å²) in [4.78, 5) is 13.3. The molecule has 0 radical (unpaired) electrons. The van der Waals surface area contributed by atoms with Crippen LogP contribution in [-0.2, 0) is 11.4 Å². The van der Waals surface area contributed by atoms with E-state index in [4.69, 9.17) is 10.2 Å². The van der Waals surface area contributed by atoms with E-state index in [1.807, 2.05) is 12.1 Å². The van der Waals surface area contributed by atoms with E-state index >= 15 is 0 Å². The maximum atomic E-state index is 11.7. The van der Waals surface area contributed by atoms with Gasteiger partial charge in [0.15, 0.2) is 0 Å². The van der Waals surface area contributed by atoms with Crippen LogP contribution in [0.3, 0.4) is 0 Å². The molecule has 0 aromatic heterocycles. The Balaban J connectivity index is 2.15. The lowest BCUT2D eigenvalue weighted by atomic mass is 10.1. The van der Waals surface area contributed by atoms with E-state index in [-0.39, 0.29) is 25.0 Å². The van der Waals surface area contributed by atoms with Crippen LogP contribution in [0.4, 0.5) is 5.69 Å². The van der Waals surface area contributed by atoms with E-state index in [2.05, 4.69) is 0 Å². The zero-order chi connectivity index (χ0) is 11.5. The van der Waals surface area contributed by atoms with Crippen LogP contribution in [0.25, 0.3) is 0 Å². The number of hydrogen-bond acceptors (Lipinski definition) is 3. The largest absolute Gasteiger partial charge is 0.396 e. The molecule has 1 saturated heterocycles. The number of carbonyl (C=O) groups is 1. The van der Waals surface area contributed by atoms with Crippen molar-refractivity contribution in [3.05, 3.63) is 29.8 Å².